The van der Waals surface area contributed by atoms with Crippen molar-refractivity contribution in [2.45, 2.75) is 31.3 Å². The number of nitrogens with two attached hydrogens (primary N) is 1. The maximum Gasteiger partial charge on any atom is 0.240 e. The van der Waals surface area contributed by atoms with Gasteiger partial charge in [0.1, 0.15) is 29.2 Å². The van der Waals surface area contributed by atoms with Crippen molar-refractivity contribution in [2.24, 2.45) is 11.7 Å². The summed E-state index contributed by atoms with van der Waals surface area (Å²) in [6.45, 7) is 3.60. The van der Waals surface area contributed by atoms with Gasteiger partial charge in [-0.1, -0.05) is 44.2 Å². The van der Waals surface area contributed by atoms with Crippen molar-refractivity contribution < 1.29 is 17.9 Å². The predicted molar refractivity (Wildman–Crippen MR) is 138 cm³/mol. The SMILES string of the molecule is CC(C)[C@H](Nc1nc(CNS(=O)(=O)c2ccc(Oc3ccccc3)cc2)nc2ccccc12)C(N)=O. The number of ether oxygens (including phenoxy) is 1. The third kappa shape index (κ3) is 5.96. The first-order valence-corrected chi connectivity index (χ1v) is 12.9. The van der Waals surface area contributed by atoms with Crippen LogP contribution < -0.4 is 20.5 Å². The molecule has 9 nitrogen and oxygen atoms in total. The summed E-state index contributed by atoms with van der Waals surface area (Å²) in [4.78, 5) is 21.0. The van der Waals surface area contributed by atoms with Crippen molar-refractivity contribution in [3.05, 3.63) is 84.7 Å². The number of primary amides is 1. The molecule has 0 radical (unpaired) electrons. The number of rotatable bonds is 10. The van der Waals surface area contributed by atoms with Gasteiger partial charge in [-0.25, -0.2) is 23.1 Å². The van der Waals surface area contributed by atoms with E-state index in [1.807, 2.05) is 62.4 Å². The van der Waals surface area contributed by atoms with E-state index in [4.69, 9.17) is 10.5 Å². The lowest BCUT2D eigenvalue weighted by molar-refractivity contribution is -0.119. The highest BCUT2D eigenvalue weighted by Gasteiger charge is 2.22. The second-order valence-electron chi connectivity index (χ2n) is 8.49. The number of fused-ring (bicyclic) bond motifs is 1. The van der Waals surface area contributed by atoms with Crippen LogP contribution in [-0.4, -0.2) is 30.3 Å². The number of nitrogens with one attached hydrogen (secondary N) is 2. The van der Waals surface area contributed by atoms with Gasteiger partial charge < -0.3 is 15.8 Å². The van der Waals surface area contributed by atoms with Crippen molar-refractivity contribution in [3.63, 3.8) is 0 Å². The normalized spacial score (nSPS) is 12.4. The zero-order valence-electron chi connectivity index (χ0n) is 19.9. The van der Waals surface area contributed by atoms with Crippen molar-refractivity contribution >= 4 is 32.7 Å². The van der Waals surface area contributed by atoms with Crippen molar-refractivity contribution in [3.8, 4) is 11.5 Å². The van der Waals surface area contributed by atoms with Gasteiger partial charge in [0.05, 0.1) is 17.0 Å². The van der Waals surface area contributed by atoms with E-state index in [1.165, 1.54) is 12.1 Å². The molecule has 3 aromatic carbocycles. The van der Waals surface area contributed by atoms with Gasteiger partial charge in [-0.2, -0.15) is 0 Å². The molecule has 0 unspecified atom stereocenters. The number of hydrogen-bond donors (Lipinski definition) is 3. The number of carbonyl (C=O) groups is 1. The Kier molecular flexibility index (Phi) is 7.47. The number of anilines is 1. The van der Waals surface area contributed by atoms with E-state index in [0.717, 1.165) is 0 Å². The van der Waals surface area contributed by atoms with Gasteiger partial charge in [-0.15, -0.1) is 0 Å². The molecule has 0 saturated heterocycles. The van der Waals surface area contributed by atoms with Crippen LogP contribution in [0.2, 0.25) is 0 Å². The average molecular weight is 506 g/mol. The Morgan fingerprint density at radius 2 is 1.56 bits per heavy atom. The highest BCUT2D eigenvalue weighted by atomic mass is 32.2. The summed E-state index contributed by atoms with van der Waals surface area (Å²) in [5.74, 6) is 1.25. The van der Waals surface area contributed by atoms with E-state index >= 15 is 0 Å². The molecule has 186 valence electrons. The van der Waals surface area contributed by atoms with Crippen LogP contribution in [0.3, 0.4) is 0 Å². The summed E-state index contributed by atoms with van der Waals surface area (Å²) >= 11 is 0. The minimum absolute atomic E-state index is 0.0768. The van der Waals surface area contributed by atoms with E-state index in [9.17, 15) is 13.2 Å². The molecule has 4 aromatic rings. The molecule has 36 heavy (non-hydrogen) atoms. The van der Waals surface area contributed by atoms with E-state index < -0.39 is 22.0 Å². The van der Waals surface area contributed by atoms with Crippen LogP contribution in [0.5, 0.6) is 11.5 Å². The summed E-state index contributed by atoms with van der Waals surface area (Å²) in [6, 6.07) is 21.9. The predicted octanol–water partition coefficient (Wildman–Crippen LogP) is 3.82. The van der Waals surface area contributed by atoms with E-state index in [-0.39, 0.29) is 23.2 Å². The second-order valence-corrected chi connectivity index (χ2v) is 10.3. The van der Waals surface area contributed by atoms with Crippen LogP contribution in [0.1, 0.15) is 19.7 Å². The number of nitrogens with zero attached hydrogens (tertiary/aromatic N) is 2. The fraction of sp³-hybridized carbons (Fsp3) is 0.192. The van der Waals surface area contributed by atoms with Gasteiger partial charge in [0.15, 0.2) is 0 Å². The Labute approximate surface area is 209 Å². The van der Waals surface area contributed by atoms with Gasteiger partial charge in [0.2, 0.25) is 15.9 Å². The lowest BCUT2D eigenvalue weighted by Crippen LogP contribution is -2.40. The Morgan fingerprint density at radius 3 is 2.22 bits per heavy atom. The molecule has 0 spiro atoms. The van der Waals surface area contributed by atoms with Gasteiger partial charge >= 0.3 is 0 Å². The standard InChI is InChI=1S/C26H27N5O4S/c1-17(2)24(25(27)32)31-26-21-10-6-7-11-22(21)29-23(30-26)16-28-36(33,34)20-14-12-19(13-15-20)35-18-8-4-3-5-9-18/h3-15,17,24,28H,16H2,1-2H3,(H2,27,32)(H,29,30,31)/t24-/m0/s1. The number of carbonyl (C=O) groups excluding carboxylic acids is 1. The third-order valence-electron chi connectivity index (χ3n) is 5.45. The van der Waals surface area contributed by atoms with Crippen LogP contribution >= 0.6 is 0 Å². The van der Waals surface area contributed by atoms with Gasteiger partial charge in [0, 0.05) is 5.39 Å². The molecule has 4 N–H and O–H groups in total. The molecule has 1 amide bonds. The third-order valence-corrected chi connectivity index (χ3v) is 6.87. The fourth-order valence-electron chi connectivity index (χ4n) is 3.58. The fourth-order valence-corrected chi connectivity index (χ4v) is 4.56. The molecule has 1 aromatic heterocycles. The zero-order chi connectivity index (χ0) is 25.7. The number of aromatic nitrogens is 2. The molecule has 1 heterocycles. The smallest absolute Gasteiger partial charge is 0.240 e. The molecule has 1 atom stereocenters. The Hall–Kier alpha value is -4.02. The van der Waals surface area contributed by atoms with Gasteiger partial charge in [-0.05, 0) is 54.4 Å². The van der Waals surface area contributed by atoms with Crippen LogP contribution in [0.4, 0.5) is 5.82 Å². The van der Waals surface area contributed by atoms with Crippen molar-refractivity contribution in [1.82, 2.24) is 14.7 Å². The van der Waals surface area contributed by atoms with E-state index in [1.54, 1.807) is 18.2 Å². The number of hydrogen-bond acceptors (Lipinski definition) is 7. The number of amides is 1. The molecule has 10 heteroatoms. The molecular formula is C26H27N5O4S. The quantitative estimate of drug-likeness (QED) is 0.298. The maximum atomic E-state index is 12.9. The van der Waals surface area contributed by atoms with Gasteiger partial charge in [-0.3, -0.25) is 4.79 Å². The minimum atomic E-state index is -3.84. The molecular weight excluding hydrogens is 478 g/mol. The Balaban J connectivity index is 1.52. The number of para-hydroxylation sites is 2. The second kappa shape index (κ2) is 10.7. The first-order chi connectivity index (χ1) is 17.2. The van der Waals surface area contributed by atoms with Crippen molar-refractivity contribution in [1.29, 1.82) is 0 Å². The van der Waals surface area contributed by atoms with Crippen LogP contribution in [0.15, 0.2) is 83.8 Å². The largest absolute Gasteiger partial charge is 0.457 e. The highest BCUT2D eigenvalue weighted by Crippen LogP contribution is 2.24. The van der Waals surface area contributed by atoms with Crippen LogP contribution in [0, 0.1) is 5.92 Å². The lowest BCUT2D eigenvalue weighted by Gasteiger charge is -2.21. The molecule has 0 bridgehead atoms. The average Bonchev–Trinajstić information content (AvgIpc) is 2.86. The molecule has 0 aliphatic rings. The first kappa shape index (κ1) is 25.1. The summed E-state index contributed by atoms with van der Waals surface area (Å²) in [7, 11) is -3.84. The zero-order valence-corrected chi connectivity index (χ0v) is 20.7. The highest BCUT2D eigenvalue weighted by molar-refractivity contribution is 7.89. The van der Waals surface area contributed by atoms with E-state index in [2.05, 4.69) is 20.0 Å². The summed E-state index contributed by atoms with van der Waals surface area (Å²) in [6.07, 6.45) is 0. The monoisotopic (exact) mass is 505 g/mol. The number of benzene rings is 3. The van der Waals surface area contributed by atoms with Crippen LogP contribution in [0.25, 0.3) is 10.9 Å². The first-order valence-electron chi connectivity index (χ1n) is 11.4. The summed E-state index contributed by atoms with van der Waals surface area (Å²) in [5, 5.41) is 3.80. The lowest BCUT2D eigenvalue weighted by atomic mass is 10.0. The van der Waals surface area contributed by atoms with Crippen LogP contribution in [-0.2, 0) is 21.4 Å². The topological polar surface area (TPSA) is 136 Å². The molecule has 0 fully saturated rings. The Morgan fingerprint density at radius 1 is 0.917 bits per heavy atom. The molecule has 0 aliphatic carbocycles. The molecule has 0 aliphatic heterocycles. The summed E-state index contributed by atoms with van der Waals surface area (Å²) in [5.41, 5.74) is 6.17. The minimum Gasteiger partial charge on any atom is -0.457 e. The van der Waals surface area contributed by atoms with Crippen molar-refractivity contribution in [2.75, 3.05) is 5.32 Å². The summed E-state index contributed by atoms with van der Waals surface area (Å²) < 4.78 is 34.0. The van der Waals surface area contributed by atoms with Gasteiger partial charge in [0.25, 0.3) is 0 Å². The number of sulfonamides is 1. The molecule has 4 rings (SSSR count). The Bertz CT molecular complexity index is 1460. The molecule has 0 saturated carbocycles. The maximum absolute atomic E-state index is 12.9. The van der Waals surface area contributed by atoms with E-state index in [0.29, 0.717) is 28.2 Å².